The third kappa shape index (κ3) is 3.00. The summed E-state index contributed by atoms with van der Waals surface area (Å²) in [5.74, 6) is -0.188. The van der Waals surface area contributed by atoms with Crippen LogP contribution in [0.4, 0.5) is 0 Å². The predicted octanol–water partition coefficient (Wildman–Crippen LogP) is 2.72. The molecule has 0 spiro atoms. The molecule has 2 rings (SSSR count). The number of nitrogens with zero attached hydrogens (tertiary/aromatic N) is 1. The van der Waals surface area contributed by atoms with Crippen molar-refractivity contribution < 1.29 is 9.90 Å². The number of hydrogen-bond donors (Lipinski definition) is 1. The van der Waals surface area contributed by atoms with Gasteiger partial charge in [0.25, 0.3) is 5.56 Å². The Morgan fingerprint density at radius 1 is 1.35 bits per heavy atom. The average Bonchev–Trinajstić information content (AvgIpc) is 2.44. The summed E-state index contributed by atoms with van der Waals surface area (Å²) in [6.45, 7) is 1.68. The third-order valence-electron chi connectivity index (χ3n) is 3.95. The van der Waals surface area contributed by atoms with Crippen LogP contribution in [0, 0.1) is 12.8 Å². The average molecular weight is 275 g/mol. The Bertz CT molecular complexity index is 592. The molecular weight excluding hydrogens is 254 g/mol. The Hall–Kier alpha value is -1.84. The minimum atomic E-state index is -0.452. The molecule has 1 fully saturated rings. The quantitative estimate of drug-likeness (QED) is 0.681. The van der Waals surface area contributed by atoms with Gasteiger partial charge in [-0.15, -0.1) is 0 Å². The van der Waals surface area contributed by atoms with Gasteiger partial charge in [0.05, 0.1) is 0 Å². The highest BCUT2D eigenvalue weighted by molar-refractivity contribution is 6.06. The van der Waals surface area contributed by atoms with Gasteiger partial charge in [-0.3, -0.25) is 9.59 Å². The van der Waals surface area contributed by atoms with E-state index in [1.165, 1.54) is 36.1 Å². The van der Waals surface area contributed by atoms with Crippen LogP contribution in [0.5, 0.6) is 5.75 Å². The molecular formula is C16H21NO3. The number of carbonyl (C=O) groups is 1. The summed E-state index contributed by atoms with van der Waals surface area (Å²) < 4.78 is 1.33. The lowest BCUT2D eigenvalue weighted by atomic mass is 9.89. The monoisotopic (exact) mass is 275 g/mol. The highest BCUT2D eigenvalue weighted by Gasteiger charge is 2.18. The van der Waals surface area contributed by atoms with Gasteiger partial charge in [-0.25, -0.2) is 0 Å². The van der Waals surface area contributed by atoms with Crippen molar-refractivity contribution in [3.8, 4) is 5.75 Å². The second kappa shape index (κ2) is 6.07. The molecule has 1 aliphatic rings. The number of ketones is 1. The van der Waals surface area contributed by atoms with Gasteiger partial charge in [0, 0.05) is 18.8 Å². The standard InChI is InChI=1S/C16H21NO3/c1-11-10-17(2)16(20)14(15(11)19)13(18)9-8-12-6-4-3-5-7-12/h8-10,12,19H,3-7H2,1-2H3/b9-8+. The predicted molar refractivity (Wildman–Crippen MR) is 78.1 cm³/mol. The number of allylic oxidation sites excluding steroid dienone is 2. The lowest BCUT2D eigenvalue weighted by molar-refractivity contribution is 0.104. The summed E-state index contributed by atoms with van der Waals surface area (Å²) in [5, 5.41) is 9.94. The zero-order valence-corrected chi connectivity index (χ0v) is 12.1. The Morgan fingerprint density at radius 3 is 2.65 bits per heavy atom. The molecule has 1 N–H and O–H groups in total. The van der Waals surface area contributed by atoms with Gasteiger partial charge in [-0.2, -0.15) is 0 Å². The first kappa shape index (κ1) is 14.6. The Labute approximate surface area is 118 Å². The van der Waals surface area contributed by atoms with E-state index in [0.717, 1.165) is 12.8 Å². The summed E-state index contributed by atoms with van der Waals surface area (Å²) in [4.78, 5) is 24.2. The zero-order valence-electron chi connectivity index (χ0n) is 12.1. The maximum atomic E-state index is 12.2. The van der Waals surface area contributed by atoms with Gasteiger partial charge in [0.2, 0.25) is 0 Å². The lowest BCUT2D eigenvalue weighted by Gasteiger charge is -2.17. The first-order valence-electron chi connectivity index (χ1n) is 7.12. The van der Waals surface area contributed by atoms with E-state index in [1.54, 1.807) is 14.0 Å². The second-order valence-corrected chi connectivity index (χ2v) is 5.57. The van der Waals surface area contributed by atoms with E-state index in [1.807, 2.05) is 6.08 Å². The molecule has 0 unspecified atom stereocenters. The second-order valence-electron chi connectivity index (χ2n) is 5.57. The van der Waals surface area contributed by atoms with Crippen molar-refractivity contribution >= 4 is 5.78 Å². The van der Waals surface area contributed by atoms with E-state index in [0.29, 0.717) is 11.5 Å². The van der Waals surface area contributed by atoms with E-state index in [4.69, 9.17) is 0 Å². The van der Waals surface area contributed by atoms with Gasteiger partial charge >= 0.3 is 0 Å². The van der Waals surface area contributed by atoms with Crippen molar-refractivity contribution in [2.24, 2.45) is 13.0 Å². The fraction of sp³-hybridized carbons (Fsp3) is 0.500. The summed E-state index contributed by atoms with van der Waals surface area (Å²) in [7, 11) is 1.58. The number of rotatable bonds is 3. The number of hydrogen-bond acceptors (Lipinski definition) is 3. The number of aryl methyl sites for hydroxylation is 2. The summed E-state index contributed by atoms with van der Waals surface area (Å²) >= 11 is 0. The van der Waals surface area contributed by atoms with E-state index in [2.05, 4.69) is 0 Å². The SMILES string of the molecule is Cc1cn(C)c(=O)c(C(=O)/C=C/C2CCCCC2)c1O. The van der Waals surface area contributed by atoms with Crippen molar-refractivity contribution in [2.45, 2.75) is 39.0 Å². The van der Waals surface area contributed by atoms with E-state index in [-0.39, 0.29) is 11.3 Å². The highest BCUT2D eigenvalue weighted by Crippen LogP contribution is 2.25. The van der Waals surface area contributed by atoms with E-state index >= 15 is 0 Å². The molecule has 0 saturated heterocycles. The highest BCUT2D eigenvalue weighted by atomic mass is 16.3. The summed E-state index contributed by atoms with van der Waals surface area (Å²) in [6.07, 6.45) is 10.7. The van der Waals surface area contributed by atoms with Crippen molar-refractivity contribution in [2.75, 3.05) is 0 Å². The van der Waals surface area contributed by atoms with Crippen LogP contribution >= 0.6 is 0 Å². The molecule has 108 valence electrons. The molecule has 0 atom stereocenters. The zero-order chi connectivity index (χ0) is 14.7. The van der Waals surface area contributed by atoms with Gasteiger partial charge in [0.1, 0.15) is 11.3 Å². The van der Waals surface area contributed by atoms with Crippen molar-refractivity contribution in [3.63, 3.8) is 0 Å². The van der Waals surface area contributed by atoms with Crippen LogP contribution in [0.1, 0.15) is 48.0 Å². The molecule has 1 heterocycles. The molecule has 4 nitrogen and oxygen atoms in total. The first-order chi connectivity index (χ1) is 9.50. The molecule has 1 aromatic heterocycles. The van der Waals surface area contributed by atoms with Gasteiger partial charge in [0.15, 0.2) is 5.78 Å². The number of carbonyl (C=O) groups excluding carboxylic acids is 1. The van der Waals surface area contributed by atoms with Crippen LogP contribution < -0.4 is 5.56 Å². The fourth-order valence-electron chi connectivity index (χ4n) is 2.74. The first-order valence-corrected chi connectivity index (χ1v) is 7.12. The van der Waals surface area contributed by atoms with Gasteiger partial charge < -0.3 is 9.67 Å². The molecule has 0 radical (unpaired) electrons. The topological polar surface area (TPSA) is 59.3 Å². The Morgan fingerprint density at radius 2 is 2.00 bits per heavy atom. The Balaban J connectivity index is 2.25. The minimum Gasteiger partial charge on any atom is -0.507 e. The van der Waals surface area contributed by atoms with Crippen molar-refractivity contribution in [3.05, 3.63) is 39.8 Å². The fourth-order valence-corrected chi connectivity index (χ4v) is 2.74. The summed E-state index contributed by atoms with van der Waals surface area (Å²) in [5.41, 5.74) is -0.0486. The molecule has 0 aromatic carbocycles. The maximum absolute atomic E-state index is 12.2. The van der Waals surface area contributed by atoms with Crippen molar-refractivity contribution in [1.82, 2.24) is 4.57 Å². The molecule has 0 aliphatic heterocycles. The smallest absolute Gasteiger partial charge is 0.265 e. The largest absolute Gasteiger partial charge is 0.507 e. The van der Waals surface area contributed by atoms with Gasteiger partial charge in [-0.1, -0.05) is 25.3 Å². The molecule has 1 aromatic rings. The van der Waals surface area contributed by atoms with E-state index < -0.39 is 11.3 Å². The summed E-state index contributed by atoms with van der Waals surface area (Å²) in [6, 6.07) is 0. The van der Waals surface area contributed by atoms with E-state index in [9.17, 15) is 14.7 Å². The Kier molecular flexibility index (Phi) is 4.42. The van der Waals surface area contributed by atoms with Crippen molar-refractivity contribution in [1.29, 1.82) is 0 Å². The molecule has 4 heteroatoms. The number of aromatic nitrogens is 1. The van der Waals surface area contributed by atoms with Crippen LogP contribution in [-0.4, -0.2) is 15.5 Å². The molecule has 1 aliphatic carbocycles. The number of aromatic hydroxyl groups is 1. The maximum Gasteiger partial charge on any atom is 0.265 e. The normalized spacial score (nSPS) is 16.7. The van der Waals surface area contributed by atoms with Crippen LogP contribution in [0.15, 0.2) is 23.1 Å². The van der Waals surface area contributed by atoms with Gasteiger partial charge in [-0.05, 0) is 31.8 Å². The molecule has 1 saturated carbocycles. The minimum absolute atomic E-state index is 0.125. The molecule has 0 bridgehead atoms. The van der Waals surface area contributed by atoms with Crippen LogP contribution in [0.25, 0.3) is 0 Å². The third-order valence-corrected chi connectivity index (χ3v) is 3.95. The molecule has 0 amide bonds. The molecule has 20 heavy (non-hydrogen) atoms. The van der Waals surface area contributed by atoms with Crippen LogP contribution in [-0.2, 0) is 7.05 Å². The lowest BCUT2D eigenvalue weighted by Crippen LogP contribution is -2.24. The van der Waals surface area contributed by atoms with Crippen LogP contribution in [0.2, 0.25) is 0 Å². The van der Waals surface area contributed by atoms with Crippen LogP contribution in [0.3, 0.4) is 0 Å². The number of pyridine rings is 1.